The van der Waals surface area contributed by atoms with Crippen LogP contribution in [0.1, 0.15) is 12.0 Å². The molecule has 0 aromatic heterocycles. The van der Waals surface area contributed by atoms with Crippen LogP contribution < -0.4 is 5.01 Å². The van der Waals surface area contributed by atoms with Crippen LogP contribution in [0.5, 0.6) is 0 Å². The molecule has 3 rings (SSSR count). The third-order valence-corrected chi connectivity index (χ3v) is 4.20. The van der Waals surface area contributed by atoms with Gasteiger partial charge in [0, 0.05) is 16.0 Å². The van der Waals surface area contributed by atoms with E-state index in [1.807, 2.05) is 29.3 Å². The molecule has 1 atom stereocenters. The summed E-state index contributed by atoms with van der Waals surface area (Å²) in [5.41, 5.74) is 2.53. The van der Waals surface area contributed by atoms with E-state index in [0.29, 0.717) is 16.6 Å². The summed E-state index contributed by atoms with van der Waals surface area (Å²) in [7, 11) is 0. The second kappa shape index (κ2) is 6.60. The summed E-state index contributed by atoms with van der Waals surface area (Å²) in [6.45, 7) is 0.520. The number of carboxylic acid groups (broad SMARTS) is 1. The third-order valence-electron chi connectivity index (χ3n) is 3.69. The average molecular weight is 349 g/mol. The molecule has 23 heavy (non-hydrogen) atoms. The first-order chi connectivity index (χ1) is 11.0. The predicted molar refractivity (Wildman–Crippen MR) is 92.5 cm³/mol. The zero-order valence-corrected chi connectivity index (χ0v) is 13.6. The monoisotopic (exact) mass is 348 g/mol. The molecular formula is C17H14Cl2N2O2. The van der Waals surface area contributed by atoms with Gasteiger partial charge in [-0.2, -0.15) is 5.10 Å². The van der Waals surface area contributed by atoms with Gasteiger partial charge in [0.05, 0.1) is 24.4 Å². The largest absolute Gasteiger partial charge is 0.481 e. The molecule has 6 heteroatoms. The zero-order valence-electron chi connectivity index (χ0n) is 12.1. The van der Waals surface area contributed by atoms with Gasteiger partial charge in [-0.3, -0.25) is 9.80 Å². The van der Waals surface area contributed by atoms with Gasteiger partial charge in [0.1, 0.15) is 0 Å². The van der Waals surface area contributed by atoms with Gasteiger partial charge in [-0.05, 0) is 42.0 Å². The fraction of sp³-hybridized carbons (Fsp3) is 0.176. The van der Waals surface area contributed by atoms with Crippen molar-refractivity contribution in [2.75, 3.05) is 11.6 Å². The van der Waals surface area contributed by atoms with Gasteiger partial charge in [0.15, 0.2) is 0 Å². The molecule has 1 aliphatic heterocycles. The molecular weight excluding hydrogens is 335 g/mol. The van der Waals surface area contributed by atoms with Crippen LogP contribution in [-0.4, -0.2) is 23.3 Å². The summed E-state index contributed by atoms with van der Waals surface area (Å²) < 4.78 is 0. The standard InChI is InChI=1S/C17H14Cl2N2O2/c18-13-3-1-11(2-4-13)17-12(9-16(22)23)10-21(20-17)15-7-5-14(19)6-8-15/h1-8,12H,9-10H2,(H,22,23). The van der Waals surface area contributed by atoms with Crippen molar-refractivity contribution in [2.24, 2.45) is 11.0 Å². The van der Waals surface area contributed by atoms with E-state index in [0.717, 1.165) is 17.0 Å². The average Bonchev–Trinajstić information content (AvgIpc) is 2.92. The molecule has 0 saturated carbocycles. The molecule has 2 aromatic carbocycles. The van der Waals surface area contributed by atoms with Crippen LogP contribution in [0.2, 0.25) is 10.0 Å². The molecule has 0 saturated heterocycles. The van der Waals surface area contributed by atoms with Gasteiger partial charge < -0.3 is 5.11 Å². The number of hydrogen-bond donors (Lipinski definition) is 1. The van der Waals surface area contributed by atoms with Crippen molar-refractivity contribution in [3.8, 4) is 0 Å². The van der Waals surface area contributed by atoms with E-state index in [-0.39, 0.29) is 12.3 Å². The lowest BCUT2D eigenvalue weighted by molar-refractivity contribution is -0.137. The van der Waals surface area contributed by atoms with Crippen molar-refractivity contribution in [2.45, 2.75) is 6.42 Å². The van der Waals surface area contributed by atoms with Crippen LogP contribution in [0.3, 0.4) is 0 Å². The Morgan fingerprint density at radius 3 is 2.22 bits per heavy atom. The SMILES string of the molecule is O=C(O)CC1CN(c2ccc(Cl)cc2)N=C1c1ccc(Cl)cc1. The number of benzene rings is 2. The summed E-state index contributed by atoms with van der Waals surface area (Å²) in [5.74, 6) is -1.01. The van der Waals surface area contributed by atoms with E-state index in [4.69, 9.17) is 28.3 Å². The molecule has 1 heterocycles. The lowest BCUT2D eigenvalue weighted by Crippen LogP contribution is -2.22. The number of carboxylic acids is 1. The van der Waals surface area contributed by atoms with E-state index in [1.165, 1.54) is 0 Å². The molecule has 0 bridgehead atoms. The van der Waals surface area contributed by atoms with Crippen LogP contribution in [0.15, 0.2) is 53.6 Å². The Kier molecular flexibility index (Phi) is 4.55. The van der Waals surface area contributed by atoms with Gasteiger partial charge in [-0.25, -0.2) is 0 Å². The highest BCUT2D eigenvalue weighted by atomic mass is 35.5. The number of hydrazone groups is 1. The zero-order chi connectivity index (χ0) is 16.4. The van der Waals surface area contributed by atoms with Crippen molar-refractivity contribution in [1.82, 2.24) is 0 Å². The van der Waals surface area contributed by atoms with E-state index in [1.54, 1.807) is 24.3 Å². The number of aliphatic carboxylic acids is 1. The summed E-state index contributed by atoms with van der Waals surface area (Å²) in [6.07, 6.45) is 0.0333. The normalized spacial score (nSPS) is 17.2. The topological polar surface area (TPSA) is 52.9 Å². The first-order valence-electron chi connectivity index (χ1n) is 7.12. The van der Waals surface area contributed by atoms with Crippen LogP contribution in [0.4, 0.5) is 5.69 Å². The number of anilines is 1. The Morgan fingerprint density at radius 1 is 1.09 bits per heavy atom. The minimum atomic E-state index is -0.838. The maximum atomic E-state index is 11.2. The maximum absolute atomic E-state index is 11.2. The van der Waals surface area contributed by atoms with Gasteiger partial charge >= 0.3 is 5.97 Å². The second-order valence-corrected chi connectivity index (χ2v) is 6.22. The lowest BCUT2D eigenvalue weighted by Gasteiger charge is -2.15. The second-order valence-electron chi connectivity index (χ2n) is 5.35. The molecule has 0 radical (unpaired) electrons. The Morgan fingerprint density at radius 2 is 1.65 bits per heavy atom. The summed E-state index contributed by atoms with van der Waals surface area (Å²) in [6, 6.07) is 14.6. The highest BCUT2D eigenvalue weighted by Gasteiger charge is 2.30. The first kappa shape index (κ1) is 15.8. The highest BCUT2D eigenvalue weighted by Crippen LogP contribution is 2.28. The Balaban J connectivity index is 1.93. The lowest BCUT2D eigenvalue weighted by atomic mass is 9.94. The van der Waals surface area contributed by atoms with Gasteiger partial charge in [0.2, 0.25) is 0 Å². The number of halogens is 2. The molecule has 4 nitrogen and oxygen atoms in total. The predicted octanol–water partition coefficient (Wildman–Crippen LogP) is 4.31. The van der Waals surface area contributed by atoms with E-state index >= 15 is 0 Å². The number of hydrogen-bond acceptors (Lipinski definition) is 3. The van der Waals surface area contributed by atoms with Crippen LogP contribution in [0.25, 0.3) is 0 Å². The van der Waals surface area contributed by atoms with Crippen LogP contribution in [-0.2, 0) is 4.79 Å². The molecule has 0 amide bonds. The summed E-state index contributed by atoms with van der Waals surface area (Å²) in [5, 5.41) is 16.9. The molecule has 1 unspecified atom stereocenters. The Labute approximate surface area is 143 Å². The summed E-state index contributed by atoms with van der Waals surface area (Å²) in [4.78, 5) is 11.2. The van der Waals surface area contributed by atoms with Crippen LogP contribution >= 0.6 is 23.2 Å². The van der Waals surface area contributed by atoms with Crippen molar-refractivity contribution >= 4 is 40.6 Å². The summed E-state index contributed by atoms with van der Waals surface area (Å²) >= 11 is 11.8. The van der Waals surface area contributed by atoms with E-state index in [9.17, 15) is 4.79 Å². The number of nitrogens with zero attached hydrogens (tertiary/aromatic N) is 2. The number of rotatable bonds is 4. The third kappa shape index (κ3) is 3.66. The molecule has 0 spiro atoms. The van der Waals surface area contributed by atoms with E-state index < -0.39 is 5.97 Å². The molecule has 0 fully saturated rings. The fourth-order valence-corrected chi connectivity index (χ4v) is 2.86. The minimum absolute atomic E-state index is 0.0333. The highest BCUT2D eigenvalue weighted by molar-refractivity contribution is 6.31. The molecule has 0 aliphatic carbocycles. The quantitative estimate of drug-likeness (QED) is 0.895. The van der Waals surface area contributed by atoms with Crippen molar-refractivity contribution in [3.05, 3.63) is 64.1 Å². The van der Waals surface area contributed by atoms with E-state index in [2.05, 4.69) is 5.10 Å². The smallest absolute Gasteiger partial charge is 0.304 e. The Bertz CT molecular complexity index is 742. The van der Waals surface area contributed by atoms with Gasteiger partial charge in [-0.15, -0.1) is 0 Å². The number of carbonyl (C=O) groups is 1. The molecule has 118 valence electrons. The fourth-order valence-electron chi connectivity index (χ4n) is 2.61. The maximum Gasteiger partial charge on any atom is 0.304 e. The minimum Gasteiger partial charge on any atom is -0.481 e. The Hall–Kier alpha value is -2.04. The van der Waals surface area contributed by atoms with Crippen molar-refractivity contribution in [3.63, 3.8) is 0 Å². The molecule has 1 N–H and O–H groups in total. The first-order valence-corrected chi connectivity index (χ1v) is 7.88. The van der Waals surface area contributed by atoms with Gasteiger partial charge in [-0.1, -0.05) is 35.3 Å². The van der Waals surface area contributed by atoms with Crippen LogP contribution in [0, 0.1) is 5.92 Å². The van der Waals surface area contributed by atoms with Crippen molar-refractivity contribution in [1.29, 1.82) is 0 Å². The van der Waals surface area contributed by atoms with Crippen molar-refractivity contribution < 1.29 is 9.90 Å². The van der Waals surface area contributed by atoms with Gasteiger partial charge in [0.25, 0.3) is 0 Å². The molecule has 1 aliphatic rings. The molecule has 2 aromatic rings.